The quantitative estimate of drug-likeness (QED) is 0.0509. The smallest absolute Gasteiger partial charge is 0.332 e. The van der Waals surface area contributed by atoms with Gasteiger partial charge in [0.1, 0.15) is 0 Å². The normalized spacial score (nSPS) is 17.3. The molecule has 2 saturated heterocycles. The topological polar surface area (TPSA) is 195 Å². The summed E-state index contributed by atoms with van der Waals surface area (Å²) in [6, 6.07) is 2.79. The van der Waals surface area contributed by atoms with E-state index in [-0.39, 0.29) is 41.7 Å². The Balaban J connectivity index is 0.000000493. The number of aliphatic hydroxyl groups excluding tert-OH is 1. The van der Waals surface area contributed by atoms with Gasteiger partial charge in [0.2, 0.25) is 0 Å². The fourth-order valence-electron chi connectivity index (χ4n) is 5.59. The van der Waals surface area contributed by atoms with Crippen LogP contribution in [0.4, 0.5) is 11.4 Å². The summed E-state index contributed by atoms with van der Waals surface area (Å²) in [7, 11) is -3.14. The minimum absolute atomic E-state index is 0. The first-order valence-electron chi connectivity index (χ1n) is 21.1. The Labute approximate surface area is 399 Å². The van der Waals surface area contributed by atoms with Gasteiger partial charge in [0, 0.05) is 72.0 Å². The summed E-state index contributed by atoms with van der Waals surface area (Å²) in [5, 5.41) is 32.2. The van der Waals surface area contributed by atoms with Crippen LogP contribution >= 0.6 is 42.9 Å². The van der Waals surface area contributed by atoms with Crippen LogP contribution in [0.15, 0.2) is 52.2 Å². The van der Waals surface area contributed by atoms with E-state index in [1.165, 1.54) is 24.5 Å². The molecule has 0 aliphatic carbocycles. The van der Waals surface area contributed by atoms with Crippen LogP contribution in [-0.4, -0.2) is 125 Å². The predicted octanol–water partition coefficient (Wildman–Crippen LogP) is 11.3. The van der Waals surface area contributed by atoms with Gasteiger partial charge in [0.05, 0.1) is 41.6 Å². The standard InChI is InChI=1S/C19H32BrN3O4Si.C13H18BrN3O4.C6H15ClSi.C3H4N2.CH4/c1-19(2,3)28(4,5)27-16-8-6-9-22(14-16)10-7-11-26-18-17(23(24)25)12-15(20)13-21-18;14-10-7-12(17(19)20)13(15-8-10)21-6-2-5-16-4-1-3-11(18)9-16;1-6(2,3)8(4,5)7;1-2-5-3-4-1;/h12-13,16H,6-11,14H2,1-5H3;7-8,11,18H,1-6,9H2;1-5H3;1-3H,(H,4,5);1H4. The van der Waals surface area contributed by atoms with E-state index in [0.717, 1.165) is 71.2 Å². The van der Waals surface area contributed by atoms with Crippen LogP contribution in [0.3, 0.4) is 0 Å². The minimum atomic E-state index is -1.75. The first kappa shape index (κ1) is 58.5. The molecular weight excluding hydrogens is 996 g/mol. The van der Waals surface area contributed by atoms with Gasteiger partial charge >= 0.3 is 11.4 Å². The van der Waals surface area contributed by atoms with Crippen molar-refractivity contribution < 1.29 is 28.9 Å². The zero-order valence-corrected chi connectivity index (χ0v) is 44.1. The van der Waals surface area contributed by atoms with Crippen molar-refractivity contribution in [1.29, 1.82) is 0 Å². The molecule has 358 valence electrons. The van der Waals surface area contributed by atoms with E-state index in [9.17, 15) is 25.3 Å². The maximum Gasteiger partial charge on any atom is 0.332 e. The molecule has 0 aromatic carbocycles. The SMILES string of the molecule is C.CC(C)(C)[Si](C)(C)Cl.CC(C)(C)[Si](C)(C)OC1CCCN(CCCOc2ncc(Br)cc2[N+](=O)[O-])C1.O=[N+]([O-])c1cc(Br)cnc1OCCCN1CCCC(O)C1.c1c[nH]cn1. The van der Waals surface area contributed by atoms with Gasteiger partial charge in [0.15, 0.2) is 15.7 Å². The molecule has 16 nitrogen and oxygen atoms in total. The van der Waals surface area contributed by atoms with Crippen LogP contribution in [0.25, 0.3) is 0 Å². The summed E-state index contributed by atoms with van der Waals surface area (Å²) in [6.45, 7) is 28.5. The Bertz CT molecular complexity index is 1750. The average Bonchev–Trinajstić information content (AvgIpc) is 3.76. The lowest BCUT2D eigenvalue weighted by Crippen LogP contribution is -2.49. The van der Waals surface area contributed by atoms with E-state index in [0.29, 0.717) is 39.8 Å². The molecule has 2 unspecified atom stereocenters. The van der Waals surface area contributed by atoms with E-state index < -0.39 is 25.5 Å². The van der Waals surface area contributed by atoms with Crippen LogP contribution in [0.2, 0.25) is 36.3 Å². The number of rotatable bonds is 14. The third-order valence-corrected chi connectivity index (χ3v) is 21.8. The Kier molecular flexibility index (Phi) is 25.8. The van der Waals surface area contributed by atoms with Crippen LogP contribution in [0.5, 0.6) is 11.8 Å². The number of β-amino-alcohol motifs (C(OH)–C–C–N with tert-alkyl or cyclic N) is 1. The zero-order valence-electron chi connectivity index (χ0n) is 38.2. The van der Waals surface area contributed by atoms with Gasteiger partial charge in [0.25, 0.3) is 11.8 Å². The molecule has 0 saturated carbocycles. The van der Waals surface area contributed by atoms with E-state index >= 15 is 0 Å². The van der Waals surface area contributed by atoms with Crippen molar-refractivity contribution in [2.45, 2.75) is 136 Å². The van der Waals surface area contributed by atoms with Crippen molar-refractivity contribution in [3.05, 3.63) is 72.4 Å². The molecule has 2 aliphatic heterocycles. The number of ether oxygens (including phenoxy) is 2. The Morgan fingerprint density at radius 3 is 1.67 bits per heavy atom. The number of H-pyrrole nitrogens is 1. The highest BCUT2D eigenvalue weighted by Crippen LogP contribution is 2.39. The molecule has 3 aromatic heterocycles. The molecule has 3 aromatic rings. The fourth-order valence-corrected chi connectivity index (χ4v) is 7.60. The van der Waals surface area contributed by atoms with E-state index in [2.05, 4.69) is 129 Å². The molecule has 2 fully saturated rings. The molecule has 5 rings (SSSR count). The van der Waals surface area contributed by atoms with E-state index in [1.807, 2.05) is 0 Å². The molecule has 0 radical (unpaired) electrons. The molecule has 21 heteroatoms. The number of halogens is 3. The number of aromatic amines is 1. The number of nitrogens with zero attached hydrogens (tertiary/aromatic N) is 7. The molecule has 0 spiro atoms. The second-order valence-corrected chi connectivity index (χ2v) is 32.3. The number of imidazole rings is 1. The largest absolute Gasteiger partial charge is 0.473 e. The summed E-state index contributed by atoms with van der Waals surface area (Å²) in [4.78, 5) is 40.0. The third-order valence-electron chi connectivity index (χ3n) is 11.1. The minimum Gasteiger partial charge on any atom is -0.473 e. The van der Waals surface area contributed by atoms with Crippen molar-refractivity contribution in [1.82, 2.24) is 29.7 Å². The lowest BCUT2D eigenvalue weighted by Gasteiger charge is -2.42. The first-order valence-corrected chi connectivity index (χ1v) is 29.6. The molecule has 0 bridgehead atoms. The molecule has 2 atom stereocenters. The number of hydrogen-bond acceptors (Lipinski definition) is 13. The number of aliphatic hydroxyl groups is 1. The van der Waals surface area contributed by atoms with Crippen molar-refractivity contribution in [3.63, 3.8) is 0 Å². The van der Waals surface area contributed by atoms with E-state index in [1.54, 1.807) is 18.7 Å². The molecule has 2 aliphatic rings. The maximum absolute atomic E-state index is 11.1. The molecular formula is C42H73Br2ClN8O8Si2. The monoisotopic (exact) mass is 1070 g/mol. The second kappa shape index (κ2) is 27.8. The first-order chi connectivity index (χ1) is 28.8. The highest BCUT2D eigenvalue weighted by molar-refractivity contribution is 9.10. The predicted molar refractivity (Wildman–Crippen MR) is 265 cm³/mol. The van der Waals surface area contributed by atoms with Gasteiger partial charge in [-0.1, -0.05) is 62.1 Å². The lowest BCUT2D eigenvalue weighted by molar-refractivity contribution is -0.386. The van der Waals surface area contributed by atoms with Crippen molar-refractivity contribution in [2.75, 3.05) is 52.5 Å². The number of pyridine rings is 2. The summed E-state index contributed by atoms with van der Waals surface area (Å²) in [6.07, 6.45) is 13.8. The molecule has 63 heavy (non-hydrogen) atoms. The van der Waals surface area contributed by atoms with Gasteiger partial charge in [-0.15, -0.1) is 0 Å². The van der Waals surface area contributed by atoms with Crippen LogP contribution in [-0.2, 0) is 4.43 Å². The summed E-state index contributed by atoms with van der Waals surface area (Å²) < 4.78 is 18.7. The van der Waals surface area contributed by atoms with Crippen LogP contribution in [0.1, 0.15) is 87.5 Å². The molecule has 5 heterocycles. The fraction of sp³-hybridized carbons (Fsp3) is 0.690. The van der Waals surface area contributed by atoms with Crippen molar-refractivity contribution in [3.8, 4) is 11.8 Å². The number of aromatic nitrogens is 4. The number of hydrogen-bond donors (Lipinski definition) is 2. The lowest BCUT2D eigenvalue weighted by atomic mass is 10.1. The van der Waals surface area contributed by atoms with Gasteiger partial charge in [-0.3, -0.25) is 20.2 Å². The maximum atomic E-state index is 11.1. The van der Waals surface area contributed by atoms with Crippen LogP contribution in [0, 0.1) is 20.2 Å². The van der Waals surface area contributed by atoms with Gasteiger partial charge in [-0.05, 0) is 107 Å². The van der Waals surface area contributed by atoms with Gasteiger partial charge in [-0.25, -0.2) is 15.0 Å². The Morgan fingerprint density at radius 2 is 1.30 bits per heavy atom. The summed E-state index contributed by atoms with van der Waals surface area (Å²) in [5.74, 6) is 0.118. The molecule has 0 amide bonds. The highest BCUT2D eigenvalue weighted by Gasteiger charge is 2.40. The van der Waals surface area contributed by atoms with E-state index in [4.69, 9.17) is 25.0 Å². The number of piperidine rings is 2. The van der Waals surface area contributed by atoms with Gasteiger partial charge in [-0.2, -0.15) is 11.1 Å². The number of nitro groups is 2. The summed E-state index contributed by atoms with van der Waals surface area (Å²) >= 11 is 12.5. The molecule has 2 N–H and O–H groups in total. The number of nitrogens with one attached hydrogen (secondary N) is 1. The third kappa shape index (κ3) is 22.5. The highest BCUT2D eigenvalue weighted by atomic mass is 79.9. The second-order valence-electron chi connectivity index (χ2n) is 18.4. The summed E-state index contributed by atoms with van der Waals surface area (Å²) in [5.41, 5.74) is -0.257. The van der Waals surface area contributed by atoms with Crippen molar-refractivity contribution >= 4 is 70.0 Å². The Morgan fingerprint density at radius 1 is 0.841 bits per heavy atom. The average molecular weight is 1070 g/mol. The van der Waals surface area contributed by atoms with Crippen molar-refractivity contribution in [2.24, 2.45) is 0 Å². The van der Waals surface area contributed by atoms with Crippen LogP contribution < -0.4 is 9.47 Å². The zero-order chi connectivity index (χ0) is 46.7. The number of likely N-dealkylation sites (tertiary alicyclic amines) is 2. The Hall–Kier alpha value is -2.57. The van der Waals surface area contributed by atoms with Gasteiger partial charge < -0.3 is 33.8 Å².